The average molecular weight is 396 g/mol. The highest BCUT2D eigenvalue weighted by molar-refractivity contribution is 7.22. The first-order chi connectivity index (χ1) is 13.7. The molecule has 3 heterocycles. The highest BCUT2D eigenvalue weighted by Gasteiger charge is 2.33. The number of nitrogens with zero attached hydrogens (tertiary/aromatic N) is 4. The van der Waals surface area contributed by atoms with Crippen LogP contribution in [0.1, 0.15) is 32.6 Å². The minimum absolute atomic E-state index is 0.185. The van der Waals surface area contributed by atoms with E-state index in [1.165, 1.54) is 17.5 Å². The van der Waals surface area contributed by atoms with E-state index >= 15 is 0 Å². The van der Waals surface area contributed by atoms with Crippen molar-refractivity contribution in [1.82, 2.24) is 15.0 Å². The number of hydrogen-bond donors (Lipinski definition) is 1. The van der Waals surface area contributed by atoms with Gasteiger partial charge in [-0.05, 0) is 30.9 Å². The Hall–Kier alpha value is -2.41. The van der Waals surface area contributed by atoms with Crippen molar-refractivity contribution in [3.05, 3.63) is 36.7 Å². The Morgan fingerprint density at radius 3 is 2.89 bits per heavy atom. The predicted molar refractivity (Wildman–Crippen MR) is 113 cm³/mol. The molecule has 1 aromatic carbocycles. The second-order valence-corrected chi connectivity index (χ2v) is 8.95. The molecular weight excluding hydrogens is 370 g/mol. The maximum Gasteiger partial charge on any atom is 0.257 e. The van der Waals surface area contributed by atoms with Crippen molar-refractivity contribution in [1.29, 1.82) is 0 Å². The second kappa shape index (κ2) is 7.54. The van der Waals surface area contributed by atoms with E-state index in [1.54, 1.807) is 23.7 Å². The molecule has 1 unspecified atom stereocenters. The smallest absolute Gasteiger partial charge is 0.257 e. The van der Waals surface area contributed by atoms with Gasteiger partial charge in [0.15, 0.2) is 10.9 Å². The molecule has 2 fully saturated rings. The van der Waals surface area contributed by atoms with Crippen LogP contribution in [0.4, 0.5) is 10.9 Å². The second-order valence-electron chi connectivity index (χ2n) is 7.92. The molecule has 2 aliphatic rings. The highest BCUT2D eigenvalue weighted by atomic mass is 32.1. The van der Waals surface area contributed by atoms with Gasteiger partial charge in [0, 0.05) is 44.4 Å². The lowest BCUT2D eigenvalue weighted by atomic mass is 9.89. The number of benzene rings is 1. The van der Waals surface area contributed by atoms with Crippen LogP contribution in [0.2, 0.25) is 0 Å². The number of nitrogens with one attached hydrogen (secondary N) is 1. The monoisotopic (exact) mass is 395 g/mol. The molecule has 1 saturated heterocycles. The first kappa shape index (κ1) is 17.7. The molecule has 28 heavy (non-hydrogen) atoms. The van der Waals surface area contributed by atoms with Crippen LogP contribution in [0.5, 0.6) is 5.88 Å². The summed E-state index contributed by atoms with van der Waals surface area (Å²) in [6.07, 6.45) is 8.08. The third-order valence-electron chi connectivity index (χ3n) is 5.60. The van der Waals surface area contributed by atoms with E-state index in [4.69, 9.17) is 4.74 Å². The zero-order chi connectivity index (χ0) is 18.9. The van der Waals surface area contributed by atoms with Gasteiger partial charge in [0.2, 0.25) is 0 Å². The maximum absolute atomic E-state index is 6.22. The van der Waals surface area contributed by atoms with E-state index in [0.29, 0.717) is 17.8 Å². The normalized spacial score (nSPS) is 24.8. The summed E-state index contributed by atoms with van der Waals surface area (Å²) >= 11 is 1.71. The molecule has 1 N–H and O–H groups in total. The van der Waals surface area contributed by atoms with E-state index < -0.39 is 0 Å². The minimum atomic E-state index is 0.185. The van der Waals surface area contributed by atoms with E-state index in [-0.39, 0.29) is 6.10 Å². The molecule has 3 aromatic rings. The van der Waals surface area contributed by atoms with Gasteiger partial charge in [0.25, 0.3) is 5.88 Å². The lowest BCUT2D eigenvalue weighted by molar-refractivity contribution is 0.103. The van der Waals surface area contributed by atoms with Crippen LogP contribution in [0.15, 0.2) is 36.7 Å². The van der Waals surface area contributed by atoms with E-state index in [1.807, 2.05) is 6.07 Å². The van der Waals surface area contributed by atoms with Gasteiger partial charge < -0.3 is 15.0 Å². The van der Waals surface area contributed by atoms with Crippen LogP contribution in [0.25, 0.3) is 10.2 Å². The molecule has 0 spiro atoms. The summed E-state index contributed by atoms with van der Waals surface area (Å²) < 4.78 is 7.44. The van der Waals surface area contributed by atoms with Gasteiger partial charge in [-0.3, -0.25) is 0 Å². The predicted octanol–water partition coefficient (Wildman–Crippen LogP) is 4.34. The van der Waals surface area contributed by atoms with E-state index in [9.17, 15) is 0 Å². The van der Waals surface area contributed by atoms with Crippen LogP contribution >= 0.6 is 11.3 Å². The summed E-state index contributed by atoms with van der Waals surface area (Å²) in [7, 11) is 0. The fourth-order valence-electron chi connectivity index (χ4n) is 4.05. The number of rotatable bonds is 5. The Balaban J connectivity index is 1.20. The quantitative estimate of drug-likeness (QED) is 0.693. The maximum atomic E-state index is 6.22. The van der Waals surface area contributed by atoms with Gasteiger partial charge >= 0.3 is 0 Å². The van der Waals surface area contributed by atoms with Crippen molar-refractivity contribution in [2.24, 2.45) is 5.92 Å². The zero-order valence-corrected chi connectivity index (χ0v) is 16.9. The summed E-state index contributed by atoms with van der Waals surface area (Å²) in [6.45, 7) is 4.36. The number of fused-ring (bicyclic) bond motifs is 1. The fraction of sp³-hybridized carbons (Fsp3) is 0.476. The van der Waals surface area contributed by atoms with Crippen molar-refractivity contribution in [3.8, 4) is 5.88 Å². The Bertz CT molecular complexity index is 922. The van der Waals surface area contributed by atoms with E-state index in [2.05, 4.69) is 50.3 Å². The third kappa shape index (κ3) is 3.63. The Morgan fingerprint density at radius 2 is 2.04 bits per heavy atom. The highest BCUT2D eigenvalue weighted by Crippen LogP contribution is 2.34. The SMILES string of the molecule is CC1CCCN(c2nccnc2O[C@H]2C[C@H](Nc3nc4ccccc4s3)C2)C1. The van der Waals surface area contributed by atoms with Crippen LogP contribution in [-0.4, -0.2) is 40.2 Å². The first-order valence-corrected chi connectivity index (χ1v) is 10.9. The summed E-state index contributed by atoms with van der Waals surface area (Å²) in [6, 6.07) is 8.66. The van der Waals surface area contributed by atoms with Gasteiger partial charge in [-0.2, -0.15) is 0 Å². The lowest BCUT2D eigenvalue weighted by Gasteiger charge is -2.37. The molecule has 1 aliphatic heterocycles. The largest absolute Gasteiger partial charge is 0.472 e. The van der Waals surface area contributed by atoms with Gasteiger partial charge in [0.05, 0.1) is 10.2 Å². The molecule has 0 amide bonds. The topological polar surface area (TPSA) is 63.2 Å². The molecule has 1 atom stereocenters. The average Bonchev–Trinajstić information content (AvgIpc) is 3.09. The van der Waals surface area contributed by atoms with Gasteiger partial charge in [-0.1, -0.05) is 30.4 Å². The number of hydrogen-bond acceptors (Lipinski definition) is 7. The van der Waals surface area contributed by atoms with E-state index in [0.717, 1.165) is 42.4 Å². The van der Waals surface area contributed by atoms with Gasteiger partial charge in [-0.25, -0.2) is 15.0 Å². The molecular formula is C21H25N5OS. The van der Waals surface area contributed by atoms with Crippen LogP contribution in [0.3, 0.4) is 0 Å². The molecule has 7 heteroatoms. The molecule has 0 bridgehead atoms. The Labute approximate surface area is 169 Å². The van der Waals surface area contributed by atoms with Crippen molar-refractivity contribution in [2.45, 2.75) is 44.8 Å². The fourth-order valence-corrected chi connectivity index (χ4v) is 4.99. The van der Waals surface area contributed by atoms with Crippen molar-refractivity contribution in [3.63, 3.8) is 0 Å². The number of thiazole rings is 1. The molecule has 1 aliphatic carbocycles. The number of piperidine rings is 1. The molecule has 6 nitrogen and oxygen atoms in total. The Kier molecular flexibility index (Phi) is 4.76. The Morgan fingerprint density at radius 1 is 1.18 bits per heavy atom. The molecule has 146 valence electrons. The van der Waals surface area contributed by atoms with Gasteiger partial charge in [0.1, 0.15) is 6.10 Å². The number of para-hydroxylation sites is 1. The van der Waals surface area contributed by atoms with Gasteiger partial charge in [-0.15, -0.1) is 0 Å². The standard InChI is InChI=1S/C21H25N5OS/c1-14-5-4-10-26(13-14)19-20(23-9-8-22-19)27-16-11-15(12-16)24-21-25-17-6-2-3-7-18(17)28-21/h2-3,6-9,14-16H,4-5,10-13H2,1H3,(H,24,25)/t14?,15-,16-. The van der Waals surface area contributed by atoms with Crippen LogP contribution < -0.4 is 15.0 Å². The summed E-state index contributed by atoms with van der Waals surface area (Å²) in [5.74, 6) is 2.27. The number of ether oxygens (including phenoxy) is 1. The number of anilines is 2. The van der Waals surface area contributed by atoms with Crippen LogP contribution in [-0.2, 0) is 0 Å². The molecule has 1 saturated carbocycles. The zero-order valence-electron chi connectivity index (χ0n) is 16.0. The number of aromatic nitrogens is 3. The molecule has 2 aromatic heterocycles. The lowest BCUT2D eigenvalue weighted by Crippen LogP contribution is -2.43. The summed E-state index contributed by atoms with van der Waals surface area (Å²) in [5, 5.41) is 4.54. The van der Waals surface area contributed by atoms with Crippen molar-refractivity contribution < 1.29 is 4.74 Å². The van der Waals surface area contributed by atoms with Crippen molar-refractivity contribution in [2.75, 3.05) is 23.3 Å². The summed E-state index contributed by atoms with van der Waals surface area (Å²) in [4.78, 5) is 16.0. The molecule has 0 radical (unpaired) electrons. The third-order valence-corrected chi connectivity index (χ3v) is 6.57. The van der Waals surface area contributed by atoms with Crippen molar-refractivity contribution >= 4 is 32.5 Å². The molecule has 5 rings (SSSR count). The summed E-state index contributed by atoms with van der Waals surface area (Å²) in [5.41, 5.74) is 1.06. The first-order valence-electron chi connectivity index (χ1n) is 10.1. The minimum Gasteiger partial charge on any atom is -0.472 e. The van der Waals surface area contributed by atoms with Crippen LogP contribution in [0, 0.1) is 5.92 Å².